The Kier molecular flexibility index (Phi) is 6.10. The number of benzene rings is 1. The van der Waals surface area contributed by atoms with Gasteiger partial charge in [-0.25, -0.2) is 15.0 Å². The molecule has 7 nitrogen and oxygen atoms in total. The van der Waals surface area contributed by atoms with Gasteiger partial charge in [0, 0.05) is 24.3 Å². The number of hydrogen-bond donors (Lipinski definition) is 2. The zero-order chi connectivity index (χ0) is 18.2. The highest BCUT2D eigenvalue weighted by Gasteiger charge is 2.09. The van der Waals surface area contributed by atoms with E-state index in [4.69, 9.17) is 4.74 Å². The van der Waals surface area contributed by atoms with E-state index >= 15 is 0 Å². The van der Waals surface area contributed by atoms with Crippen LogP contribution in [0.1, 0.15) is 11.3 Å². The Bertz CT molecular complexity index is 854. The zero-order valence-electron chi connectivity index (χ0n) is 14.3. The van der Waals surface area contributed by atoms with Crippen LogP contribution >= 0.6 is 11.3 Å². The molecule has 0 bridgehead atoms. The number of thiazole rings is 1. The van der Waals surface area contributed by atoms with Crippen molar-refractivity contribution >= 4 is 28.3 Å². The summed E-state index contributed by atoms with van der Waals surface area (Å²) in [5.74, 6) is 1.25. The Morgan fingerprint density at radius 2 is 2.00 bits per heavy atom. The standard InChI is InChI=1S/C18H19N5O2S/c1-25-15-6-3-2-5-13(15)7-10-19-16(24)11-14-12-26-18(22-14)23-17-20-8-4-9-21-17/h2-6,8-9,12H,7,10-11H2,1H3,(H,19,24)(H,20,21,22,23). The van der Waals surface area contributed by atoms with E-state index in [2.05, 4.69) is 25.6 Å². The number of methoxy groups -OCH3 is 1. The molecule has 2 aromatic heterocycles. The monoisotopic (exact) mass is 369 g/mol. The van der Waals surface area contributed by atoms with Crippen LogP contribution in [0.15, 0.2) is 48.1 Å². The third-order valence-corrected chi connectivity index (χ3v) is 4.39. The number of carbonyl (C=O) groups is 1. The Balaban J connectivity index is 1.46. The molecule has 1 aromatic carbocycles. The van der Waals surface area contributed by atoms with Crippen LogP contribution < -0.4 is 15.4 Å². The van der Waals surface area contributed by atoms with Gasteiger partial charge < -0.3 is 15.4 Å². The van der Waals surface area contributed by atoms with Gasteiger partial charge in [-0.1, -0.05) is 18.2 Å². The average molecular weight is 369 g/mol. The zero-order valence-corrected chi connectivity index (χ0v) is 15.1. The molecule has 0 aliphatic rings. The Labute approximate surface area is 155 Å². The van der Waals surface area contributed by atoms with Crippen molar-refractivity contribution in [3.63, 3.8) is 0 Å². The first-order chi connectivity index (χ1) is 12.7. The molecule has 134 valence electrons. The summed E-state index contributed by atoms with van der Waals surface area (Å²) >= 11 is 1.41. The van der Waals surface area contributed by atoms with E-state index in [0.29, 0.717) is 29.7 Å². The number of amides is 1. The topological polar surface area (TPSA) is 89.0 Å². The fraction of sp³-hybridized carbons (Fsp3) is 0.222. The van der Waals surface area contributed by atoms with Gasteiger partial charge >= 0.3 is 0 Å². The summed E-state index contributed by atoms with van der Waals surface area (Å²) in [5.41, 5.74) is 1.78. The summed E-state index contributed by atoms with van der Waals surface area (Å²) in [6.45, 7) is 0.548. The molecular formula is C18H19N5O2S. The number of nitrogens with zero attached hydrogens (tertiary/aromatic N) is 3. The SMILES string of the molecule is COc1ccccc1CCNC(=O)Cc1csc(Nc2ncccn2)n1. The van der Waals surface area contributed by atoms with E-state index < -0.39 is 0 Å². The smallest absolute Gasteiger partial charge is 0.228 e. The molecule has 3 rings (SSSR count). The molecule has 0 aliphatic heterocycles. The lowest BCUT2D eigenvalue weighted by Gasteiger charge is -2.08. The van der Waals surface area contributed by atoms with Gasteiger partial charge in [0.2, 0.25) is 11.9 Å². The predicted octanol–water partition coefficient (Wildman–Crippen LogP) is 2.59. The van der Waals surface area contributed by atoms with E-state index in [1.54, 1.807) is 25.6 Å². The first kappa shape index (κ1) is 17.8. The second kappa shape index (κ2) is 8.91. The minimum absolute atomic E-state index is 0.0623. The molecule has 3 aromatic rings. The van der Waals surface area contributed by atoms with Crippen molar-refractivity contribution in [2.24, 2.45) is 0 Å². The highest BCUT2D eigenvalue weighted by Crippen LogP contribution is 2.19. The molecule has 1 amide bonds. The third-order valence-electron chi connectivity index (χ3n) is 3.59. The lowest BCUT2D eigenvalue weighted by atomic mass is 10.1. The Hall–Kier alpha value is -3.00. The Morgan fingerprint density at radius 1 is 1.19 bits per heavy atom. The molecule has 26 heavy (non-hydrogen) atoms. The lowest BCUT2D eigenvalue weighted by Crippen LogP contribution is -2.27. The van der Waals surface area contributed by atoms with Gasteiger partial charge in [0.1, 0.15) is 5.75 Å². The number of hydrogen-bond acceptors (Lipinski definition) is 7. The highest BCUT2D eigenvalue weighted by atomic mass is 32.1. The molecular weight excluding hydrogens is 350 g/mol. The predicted molar refractivity (Wildman–Crippen MR) is 101 cm³/mol. The summed E-state index contributed by atoms with van der Waals surface area (Å²) < 4.78 is 5.31. The summed E-state index contributed by atoms with van der Waals surface area (Å²) in [7, 11) is 1.64. The first-order valence-electron chi connectivity index (χ1n) is 8.11. The molecule has 0 fully saturated rings. The molecule has 2 heterocycles. The highest BCUT2D eigenvalue weighted by molar-refractivity contribution is 7.13. The van der Waals surface area contributed by atoms with Crippen LogP contribution in [0.25, 0.3) is 0 Å². The maximum absolute atomic E-state index is 12.1. The third kappa shape index (κ3) is 5.00. The van der Waals surface area contributed by atoms with Crippen molar-refractivity contribution in [2.45, 2.75) is 12.8 Å². The summed E-state index contributed by atoms with van der Waals surface area (Å²) in [6, 6.07) is 9.54. The van der Waals surface area contributed by atoms with Gasteiger partial charge in [0.05, 0.1) is 19.2 Å². The van der Waals surface area contributed by atoms with Gasteiger partial charge in [0.15, 0.2) is 5.13 Å². The van der Waals surface area contributed by atoms with Gasteiger partial charge in [0.25, 0.3) is 0 Å². The van der Waals surface area contributed by atoms with E-state index in [0.717, 1.165) is 11.3 Å². The Morgan fingerprint density at radius 3 is 2.81 bits per heavy atom. The van der Waals surface area contributed by atoms with Gasteiger partial charge in [-0.15, -0.1) is 11.3 Å². The fourth-order valence-electron chi connectivity index (χ4n) is 2.38. The molecule has 0 spiro atoms. The van der Waals surface area contributed by atoms with Crippen LogP contribution in [-0.4, -0.2) is 34.5 Å². The van der Waals surface area contributed by atoms with E-state index in [-0.39, 0.29) is 12.3 Å². The van der Waals surface area contributed by atoms with E-state index in [1.807, 2.05) is 29.6 Å². The second-order valence-corrected chi connectivity index (χ2v) is 6.29. The minimum Gasteiger partial charge on any atom is -0.496 e. The number of ether oxygens (including phenoxy) is 1. The van der Waals surface area contributed by atoms with Crippen molar-refractivity contribution in [1.29, 1.82) is 0 Å². The molecule has 0 unspecified atom stereocenters. The van der Waals surface area contributed by atoms with Crippen LogP contribution in [0.4, 0.5) is 11.1 Å². The number of anilines is 2. The lowest BCUT2D eigenvalue weighted by molar-refractivity contribution is -0.120. The molecule has 0 saturated carbocycles. The van der Waals surface area contributed by atoms with E-state index in [9.17, 15) is 4.79 Å². The second-order valence-electron chi connectivity index (χ2n) is 5.43. The average Bonchev–Trinajstić information content (AvgIpc) is 3.09. The number of nitrogens with one attached hydrogen (secondary N) is 2. The van der Waals surface area contributed by atoms with Crippen LogP contribution in [0, 0.1) is 0 Å². The van der Waals surface area contributed by atoms with Crippen molar-refractivity contribution < 1.29 is 9.53 Å². The van der Waals surface area contributed by atoms with Crippen LogP contribution in [0.2, 0.25) is 0 Å². The van der Waals surface area contributed by atoms with Crippen molar-refractivity contribution in [3.8, 4) is 5.75 Å². The number of aromatic nitrogens is 3. The molecule has 0 radical (unpaired) electrons. The van der Waals surface area contributed by atoms with Gasteiger partial charge in [-0.05, 0) is 24.1 Å². The summed E-state index contributed by atoms with van der Waals surface area (Å²) in [4.78, 5) is 24.7. The molecule has 8 heteroatoms. The quantitative estimate of drug-likeness (QED) is 0.634. The number of para-hydroxylation sites is 1. The van der Waals surface area contributed by atoms with Crippen molar-refractivity contribution in [3.05, 3.63) is 59.4 Å². The van der Waals surface area contributed by atoms with Crippen molar-refractivity contribution in [2.75, 3.05) is 19.0 Å². The van der Waals surface area contributed by atoms with Crippen molar-refractivity contribution in [1.82, 2.24) is 20.3 Å². The molecule has 0 saturated heterocycles. The maximum atomic E-state index is 12.1. The molecule has 2 N–H and O–H groups in total. The van der Waals surface area contributed by atoms with Crippen LogP contribution in [-0.2, 0) is 17.6 Å². The molecule has 0 aliphatic carbocycles. The normalized spacial score (nSPS) is 10.3. The fourth-order valence-corrected chi connectivity index (χ4v) is 3.08. The van der Waals surface area contributed by atoms with Crippen LogP contribution in [0.3, 0.4) is 0 Å². The largest absolute Gasteiger partial charge is 0.496 e. The number of rotatable bonds is 8. The maximum Gasteiger partial charge on any atom is 0.228 e. The number of carbonyl (C=O) groups excluding carboxylic acids is 1. The van der Waals surface area contributed by atoms with Crippen LogP contribution in [0.5, 0.6) is 5.75 Å². The van der Waals surface area contributed by atoms with Gasteiger partial charge in [-0.2, -0.15) is 0 Å². The summed E-state index contributed by atoms with van der Waals surface area (Å²) in [6.07, 6.45) is 4.25. The van der Waals surface area contributed by atoms with Gasteiger partial charge in [-0.3, -0.25) is 4.79 Å². The first-order valence-corrected chi connectivity index (χ1v) is 8.99. The molecule has 0 atom stereocenters. The van der Waals surface area contributed by atoms with E-state index in [1.165, 1.54) is 11.3 Å². The minimum atomic E-state index is -0.0623. The summed E-state index contributed by atoms with van der Waals surface area (Å²) in [5, 5.41) is 8.44.